The molecule has 2 unspecified atom stereocenters. The third-order valence-electron chi connectivity index (χ3n) is 3.43. The molecule has 0 heterocycles. The molecule has 2 rings (SSSR count). The number of hydrogen-bond donors (Lipinski definition) is 1. The molecule has 0 aromatic heterocycles. The monoisotopic (exact) mass is 302 g/mol. The number of rotatable bonds is 4. The molecule has 0 amide bonds. The van der Waals surface area contributed by atoms with E-state index in [2.05, 4.69) is 4.72 Å². The normalized spacial score (nSPS) is 22.9. The average Bonchev–Trinajstić information content (AvgIpc) is 2.73. The third kappa shape index (κ3) is 3.13. The Morgan fingerprint density at radius 3 is 2.65 bits per heavy atom. The highest BCUT2D eigenvalue weighted by Gasteiger charge is 2.29. The first-order chi connectivity index (χ1) is 9.29. The topological polar surface area (TPSA) is 89.3 Å². The molecule has 6 nitrogen and oxygen atoms in total. The molecule has 8 heteroatoms. The average molecular weight is 302 g/mol. The summed E-state index contributed by atoms with van der Waals surface area (Å²) in [6.07, 6.45) is 2.29. The molecule has 1 fully saturated rings. The maximum absolute atomic E-state index is 13.6. The van der Waals surface area contributed by atoms with Gasteiger partial charge in [0.25, 0.3) is 5.69 Å². The molecule has 1 aliphatic rings. The van der Waals surface area contributed by atoms with Gasteiger partial charge in [-0.15, -0.1) is 0 Å². The molecular formula is C12H15FN2O4S. The number of sulfonamides is 1. The van der Waals surface area contributed by atoms with Crippen LogP contribution in [0.25, 0.3) is 0 Å². The minimum absolute atomic E-state index is 0.242. The van der Waals surface area contributed by atoms with Crippen molar-refractivity contribution >= 4 is 15.7 Å². The maximum atomic E-state index is 13.6. The van der Waals surface area contributed by atoms with E-state index in [1.165, 1.54) is 0 Å². The summed E-state index contributed by atoms with van der Waals surface area (Å²) in [6.45, 7) is 2.02. The van der Waals surface area contributed by atoms with Crippen LogP contribution in [0.2, 0.25) is 0 Å². The fourth-order valence-corrected chi connectivity index (χ4v) is 3.79. The van der Waals surface area contributed by atoms with E-state index in [4.69, 9.17) is 0 Å². The van der Waals surface area contributed by atoms with Crippen LogP contribution >= 0.6 is 0 Å². The van der Waals surface area contributed by atoms with Crippen molar-refractivity contribution in [3.05, 3.63) is 34.1 Å². The fourth-order valence-electron chi connectivity index (χ4n) is 2.41. The van der Waals surface area contributed by atoms with Crippen LogP contribution in [-0.2, 0) is 10.0 Å². The second-order valence-corrected chi connectivity index (χ2v) is 6.79. The van der Waals surface area contributed by atoms with Crippen LogP contribution in [-0.4, -0.2) is 19.4 Å². The van der Waals surface area contributed by atoms with Gasteiger partial charge in [0.2, 0.25) is 10.0 Å². The molecule has 1 aromatic carbocycles. The second-order valence-electron chi connectivity index (χ2n) is 5.11. The standard InChI is InChI=1S/C12H15FN2O4S/c1-8-2-3-9(6-8)14-20(18,19)12-7-10(15(16)17)4-5-11(12)13/h4-5,7-9,14H,2-3,6H2,1H3. The summed E-state index contributed by atoms with van der Waals surface area (Å²) >= 11 is 0. The molecule has 2 atom stereocenters. The van der Waals surface area contributed by atoms with Crippen LogP contribution in [0.5, 0.6) is 0 Å². The van der Waals surface area contributed by atoms with Gasteiger partial charge in [-0.3, -0.25) is 10.1 Å². The smallest absolute Gasteiger partial charge is 0.258 e. The molecule has 20 heavy (non-hydrogen) atoms. The van der Waals surface area contributed by atoms with Crippen LogP contribution in [0.1, 0.15) is 26.2 Å². The zero-order chi connectivity index (χ0) is 14.9. The lowest BCUT2D eigenvalue weighted by Gasteiger charge is -2.13. The number of nitro benzene ring substituents is 1. The van der Waals surface area contributed by atoms with Crippen molar-refractivity contribution in [1.29, 1.82) is 0 Å². The number of non-ortho nitro benzene ring substituents is 1. The summed E-state index contributed by atoms with van der Waals surface area (Å²) in [4.78, 5) is 9.22. The summed E-state index contributed by atoms with van der Waals surface area (Å²) in [5.74, 6) is -0.577. The number of nitrogens with zero attached hydrogens (tertiary/aromatic N) is 1. The van der Waals surface area contributed by atoms with Crippen molar-refractivity contribution in [2.75, 3.05) is 0 Å². The highest BCUT2D eigenvalue weighted by Crippen LogP contribution is 2.27. The predicted octanol–water partition coefficient (Wildman–Crippen LogP) is 2.20. The van der Waals surface area contributed by atoms with Crippen molar-refractivity contribution in [2.45, 2.75) is 37.1 Å². The Balaban J connectivity index is 2.29. The van der Waals surface area contributed by atoms with E-state index >= 15 is 0 Å². The molecule has 0 bridgehead atoms. The highest BCUT2D eigenvalue weighted by molar-refractivity contribution is 7.89. The Morgan fingerprint density at radius 1 is 1.40 bits per heavy atom. The first-order valence-corrected chi connectivity index (χ1v) is 7.74. The van der Waals surface area contributed by atoms with E-state index < -0.39 is 31.3 Å². The van der Waals surface area contributed by atoms with Crippen molar-refractivity contribution in [1.82, 2.24) is 4.72 Å². The van der Waals surface area contributed by atoms with Gasteiger partial charge < -0.3 is 0 Å². The van der Waals surface area contributed by atoms with Gasteiger partial charge in [0.15, 0.2) is 0 Å². The van der Waals surface area contributed by atoms with E-state index in [1.54, 1.807) is 0 Å². The lowest BCUT2D eigenvalue weighted by molar-refractivity contribution is -0.385. The molecule has 0 radical (unpaired) electrons. The first kappa shape index (κ1) is 14.9. The number of hydrogen-bond acceptors (Lipinski definition) is 4. The molecule has 1 aromatic rings. The van der Waals surface area contributed by atoms with Gasteiger partial charge >= 0.3 is 0 Å². The number of nitro groups is 1. The molecule has 1 N–H and O–H groups in total. The van der Waals surface area contributed by atoms with Crippen LogP contribution in [0.15, 0.2) is 23.1 Å². The molecule has 110 valence electrons. The van der Waals surface area contributed by atoms with Crippen LogP contribution in [0.3, 0.4) is 0 Å². The molecule has 0 spiro atoms. The number of halogens is 1. The van der Waals surface area contributed by atoms with Gasteiger partial charge in [-0.05, 0) is 31.2 Å². The van der Waals surface area contributed by atoms with Crippen molar-refractivity contribution in [3.63, 3.8) is 0 Å². The largest absolute Gasteiger partial charge is 0.270 e. The van der Waals surface area contributed by atoms with E-state index in [1.807, 2.05) is 6.92 Å². The Kier molecular flexibility index (Phi) is 4.05. The second kappa shape index (κ2) is 5.45. The Hall–Kier alpha value is -1.54. The Labute approximate surface area is 116 Å². The van der Waals surface area contributed by atoms with Crippen molar-refractivity contribution < 1.29 is 17.7 Å². The Morgan fingerprint density at radius 2 is 2.10 bits per heavy atom. The van der Waals surface area contributed by atoms with Gasteiger partial charge in [0.05, 0.1) is 4.92 Å². The van der Waals surface area contributed by atoms with E-state index in [-0.39, 0.29) is 6.04 Å². The minimum atomic E-state index is -4.08. The third-order valence-corrected chi connectivity index (χ3v) is 4.97. The van der Waals surface area contributed by atoms with E-state index in [0.29, 0.717) is 18.8 Å². The Bertz CT molecular complexity index is 632. The zero-order valence-corrected chi connectivity index (χ0v) is 11.7. The van der Waals surface area contributed by atoms with Gasteiger partial charge in [0, 0.05) is 18.2 Å². The van der Waals surface area contributed by atoms with Crippen LogP contribution in [0, 0.1) is 21.8 Å². The molecular weight excluding hydrogens is 287 g/mol. The first-order valence-electron chi connectivity index (χ1n) is 6.26. The van der Waals surface area contributed by atoms with Gasteiger partial charge in [-0.1, -0.05) is 6.92 Å². The summed E-state index contributed by atoms with van der Waals surface area (Å²) in [6, 6.07) is 2.24. The summed E-state index contributed by atoms with van der Waals surface area (Å²) < 4.78 is 40.3. The SMILES string of the molecule is CC1CCC(NS(=O)(=O)c2cc([N+](=O)[O-])ccc2F)C1. The zero-order valence-electron chi connectivity index (χ0n) is 10.9. The quantitative estimate of drug-likeness (QED) is 0.682. The van der Waals surface area contributed by atoms with Gasteiger partial charge in [-0.2, -0.15) is 0 Å². The fraction of sp³-hybridized carbons (Fsp3) is 0.500. The lowest BCUT2D eigenvalue weighted by atomic mass is 10.1. The van der Waals surface area contributed by atoms with Crippen LogP contribution in [0.4, 0.5) is 10.1 Å². The van der Waals surface area contributed by atoms with Crippen molar-refractivity contribution in [2.24, 2.45) is 5.92 Å². The summed E-state index contributed by atoms with van der Waals surface area (Å²) in [5, 5.41) is 10.6. The number of nitrogens with one attached hydrogen (secondary N) is 1. The number of benzene rings is 1. The molecule has 0 aliphatic heterocycles. The van der Waals surface area contributed by atoms with Gasteiger partial charge in [0.1, 0.15) is 10.7 Å². The molecule has 1 aliphatic carbocycles. The van der Waals surface area contributed by atoms with Crippen LogP contribution < -0.4 is 4.72 Å². The van der Waals surface area contributed by atoms with E-state index in [0.717, 1.165) is 24.6 Å². The minimum Gasteiger partial charge on any atom is -0.258 e. The lowest BCUT2D eigenvalue weighted by Crippen LogP contribution is -2.33. The molecule has 0 saturated heterocycles. The van der Waals surface area contributed by atoms with E-state index in [9.17, 15) is 22.9 Å². The van der Waals surface area contributed by atoms with Gasteiger partial charge in [-0.25, -0.2) is 17.5 Å². The van der Waals surface area contributed by atoms with Crippen molar-refractivity contribution in [3.8, 4) is 0 Å². The maximum Gasteiger partial charge on any atom is 0.270 e. The summed E-state index contributed by atoms with van der Waals surface area (Å²) in [7, 11) is -4.08. The highest BCUT2D eigenvalue weighted by atomic mass is 32.2. The molecule has 1 saturated carbocycles. The summed E-state index contributed by atoms with van der Waals surface area (Å²) in [5.41, 5.74) is -0.452. The predicted molar refractivity (Wildman–Crippen MR) is 70.2 cm³/mol.